The Hall–Kier alpha value is -0.840. The maximum atomic E-state index is 6.09. The van der Waals surface area contributed by atoms with Gasteiger partial charge in [0.1, 0.15) is 0 Å². The number of nitrogens with zero attached hydrogens (tertiary/aromatic N) is 3. The average molecular weight is 284 g/mol. The first kappa shape index (κ1) is 13.6. The molecule has 0 unspecified atom stereocenters. The summed E-state index contributed by atoms with van der Waals surface area (Å²) in [5.74, 6) is 0. The molecule has 18 heavy (non-hydrogen) atoms. The van der Waals surface area contributed by atoms with Crippen molar-refractivity contribution in [2.24, 2.45) is 0 Å². The lowest BCUT2D eigenvalue weighted by molar-refractivity contribution is 0.194. The molecule has 0 atom stereocenters. The number of hydrogen-bond acceptors (Lipinski definition) is 2. The van der Waals surface area contributed by atoms with Crippen LogP contribution in [0.3, 0.4) is 0 Å². The highest BCUT2D eigenvalue weighted by molar-refractivity contribution is 7.80. The summed E-state index contributed by atoms with van der Waals surface area (Å²) >= 11 is 11.6. The van der Waals surface area contributed by atoms with E-state index < -0.39 is 0 Å². The SMILES string of the molecule is CCN1CN(C)C(=S)N(c2cc(Cl)ccc2C)C1. The van der Waals surface area contributed by atoms with E-state index in [4.69, 9.17) is 23.8 Å². The molecule has 0 radical (unpaired) electrons. The van der Waals surface area contributed by atoms with Gasteiger partial charge in [-0.25, -0.2) is 0 Å². The summed E-state index contributed by atoms with van der Waals surface area (Å²) in [6.45, 7) is 6.94. The van der Waals surface area contributed by atoms with Crippen molar-refractivity contribution in [3.63, 3.8) is 0 Å². The molecule has 0 aliphatic carbocycles. The Balaban J connectivity index is 2.35. The van der Waals surface area contributed by atoms with Crippen LogP contribution in [0.25, 0.3) is 0 Å². The summed E-state index contributed by atoms with van der Waals surface area (Å²) in [5.41, 5.74) is 2.28. The van der Waals surface area contributed by atoms with Crippen LogP contribution in [0.4, 0.5) is 5.69 Å². The van der Waals surface area contributed by atoms with Crippen molar-refractivity contribution < 1.29 is 0 Å². The van der Waals surface area contributed by atoms with Crippen molar-refractivity contribution in [1.29, 1.82) is 0 Å². The van der Waals surface area contributed by atoms with Crippen LogP contribution in [-0.2, 0) is 0 Å². The van der Waals surface area contributed by atoms with E-state index in [-0.39, 0.29) is 0 Å². The van der Waals surface area contributed by atoms with Gasteiger partial charge in [-0.15, -0.1) is 0 Å². The zero-order valence-corrected chi connectivity index (χ0v) is 12.6. The number of halogens is 1. The number of anilines is 1. The fourth-order valence-corrected chi connectivity index (χ4v) is 2.50. The third kappa shape index (κ3) is 2.60. The van der Waals surface area contributed by atoms with E-state index in [2.05, 4.69) is 28.5 Å². The van der Waals surface area contributed by atoms with Crippen molar-refractivity contribution in [3.8, 4) is 0 Å². The Kier molecular flexibility index (Phi) is 4.10. The van der Waals surface area contributed by atoms with E-state index in [0.717, 1.165) is 35.7 Å². The van der Waals surface area contributed by atoms with Gasteiger partial charge in [-0.2, -0.15) is 0 Å². The van der Waals surface area contributed by atoms with Crippen LogP contribution >= 0.6 is 23.8 Å². The van der Waals surface area contributed by atoms with E-state index >= 15 is 0 Å². The van der Waals surface area contributed by atoms with Gasteiger partial charge in [0.25, 0.3) is 0 Å². The number of benzene rings is 1. The molecule has 0 amide bonds. The molecule has 98 valence electrons. The Morgan fingerprint density at radius 3 is 2.72 bits per heavy atom. The van der Waals surface area contributed by atoms with Crippen LogP contribution < -0.4 is 4.90 Å². The quantitative estimate of drug-likeness (QED) is 0.772. The Morgan fingerprint density at radius 2 is 2.06 bits per heavy atom. The molecule has 0 spiro atoms. The van der Waals surface area contributed by atoms with Gasteiger partial charge in [-0.1, -0.05) is 24.6 Å². The fraction of sp³-hybridized carbons (Fsp3) is 0.462. The molecule has 2 rings (SSSR count). The van der Waals surface area contributed by atoms with E-state index in [0.29, 0.717) is 0 Å². The average Bonchev–Trinajstić information content (AvgIpc) is 2.35. The third-order valence-electron chi connectivity index (χ3n) is 3.22. The van der Waals surface area contributed by atoms with Gasteiger partial charge >= 0.3 is 0 Å². The lowest BCUT2D eigenvalue weighted by Crippen LogP contribution is -2.56. The lowest BCUT2D eigenvalue weighted by Gasteiger charge is -2.43. The maximum Gasteiger partial charge on any atom is 0.178 e. The standard InChI is InChI=1S/C13H18ClN3S/c1-4-16-8-15(3)13(18)17(9-16)12-7-11(14)6-5-10(12)2/h5-7H,4,8-9H2,1-3H3. The molecule has 1 heterocycles. The van der Waals surface area contributed by atoms with Crippen molar-refractivity contribution in [2.75, 3.05) is 31.8 Å². The molecule has 1 aliphatic rings. The second-order valence-corrected chi connectivity index (χ2v) is 5.41. The number of aryl methyl sites for hydroxylation is 1. The lowest BCUT2D eigenvalue weighted by atomic mass is 10.2. The van der Waals surface area contributed by atoms with Gasteiger partial charge in [-0.05, 0) is 43.4 Å². The van der Waals surface area contributed by atoms with Crippen LogP contribution in [0.1, 0.15) is 12.5 Å². The molecule has 1 aliphatic heterocycles. The summed E-state index contributed by atoms with van der Waals surface area (Å²) < 4.78 is 0. The summed E-state index contributed by atoms with van der Waals surface area (Å²) in [7, 11) is 2.02. The van der Waals surface area contributed by atoms with Gasteiger partial charge < -0.3 is 9.80 Å². The normalized spacial score (nSPS) is 17.4. The molecule has 0 saturated carbocycles. The molecule has 0 bridgehead atoms. The minimum atomic E-state index is 0.745. The monoisotopic (exact) mass is 283 g/mol. The van der Waals surface area contributed by atoms with Crippen LogP contribution in [0.5, 0.6) is 0 Å². The summed E-state index contributed by atoms with van der Waals surface area (Å²) in [6, 6.07) is 5.93. The zero-order valence-electron chi connectivity index (χ0n) is 11.0. The zero-order chi connectivity index (χ0) is 13.3. The molecule has 1 aromatic rings. The summed E-state index contributed by atoms with van der Waals surface area (Å²) in [4.78, 5) is 6.56. The van der Waals surface area contributed by atoms with E-state index in [1.165, 1.54) is 5.56 Å². The third-order valence-corrected chi connectivity index (χ3v) is 3.99. The van der Waals surface area contributed by atoms with Gasteiger partial charge in [0, 0.05) is 17.8 Å². The smallest absolute Gasteiger partial charge is 0.178 e. The second kappa shape index (κ2) is 5.43. The van der Waals surface area contributed by atoms with Gasteiger partial charge in [0.15, 0.2) is 5.11 Å². The summed E-state index contributed by atoms with van der Waals surface area (Å²) in [6.07, 6.45) is 0. The molecule has 5 heteroatoms. The van der Waals surface area contributed by atoms with E-state index in [1.54, 1.807) is 0 Å². The number of hydrogen-bond donors (Lipinski definition) is 0. The van der Waals surface area contributed by atoms with Gasteiger partial charge in [0.2, 0.25) is 0 Å². The van der Waals surface area contributed by atoms with E-state index in [1.807, 2.05) is 25.2 Å². The number of thiocarbonyl (C=S) groups is 1. The van der Waals surface area contributed by atoms with E-state index in [9.17, 15) is 0 Å². The molecule has 0 aromatic heterocycles. The first-order valence-electron chi connectivity index (χ1n) is 6.04. The molecule has 1 aromatic carbocycles. The van der Waals surface area contributed by atoms with Crippen LogP contribution in [0.15, 0.2) is 18.2 Å². The number of rotatable bonds is 2. The highest BCUT2D eigenvalue weighted by Gasteiger charge is 2.25. The molecular weight excluding hydrogens is 266 g/mol. The van der Waals surface area contributed by atoms with Crippen molar-refractivity contribution >= 4 is 34.6 Å². The minimum absolute atomic E-state index is 0.745. The predicted octanol–water partition coefficient (Wildman–Crippen LogP) is 2.92. The second-order valence-electron chi connectivity index (χ2n) is 4.61. The van der Waals surface area contributed by atoms with Crippen molar-refractivity contribution in [2.45, 2.75) is 13.8 Å². The van der Waals surface area contributed by atoms with Crippen LogP contribution in [-0.4, -0.2) is 41.8 Å². The fourth-order valence-electron chi connectivity index (χ4n) is 2.12. The van der Waals surface area contributed by atoms with Crippen LogP contribution in [0, 0.1) is 6.92 Å². The molecule has 3 nitrogen and oxygen atoms in total. The highest BCUT2D eigenvalue weighted by atomic mass is 35.5. The van der Waals surface area contributed by atoms with Crippen molar-refractivity contribution in [1.82, 2.24) is 9.80 Å². The first-order valence-corrected chi connectivity index (χ1v) is 6.82. The maximum absolute atomic E-state index is 6.09. The molecule has 0 N–H and O–H groups in total. The van der Waals surface area contributed by atoms with Gasteiger partial charge in [-0.3, -0.25) is 4.90 Å². The Morgan fingerprint density at radius 1 is 1.33 bits per heavy atom. The molecular formula is C13H18ClN3S. The van der Waals surface area contributed by atoms with Crippen molar-refractivity contribution in [3.05, 3.63) is 28.8 Å². The minimum Gasteiger partial charge on any atom is -0.339 e. The Bertz CT molecular complexity index is 464. The predicted molar refractivity (Wildman–Crippen MR) is 81.1 cm³/mol. The van der Waals surface area contributed by atoms with Crippen LogP contribution in [0.2, 0.25) is 5.02 Å². The largest absolute Gasteiger partial charge is 0.339 e. The molecule has 1 saturated heterocycles. The first-order chi connectivity index (χ1) is 8.52. The Labute approximate surface area is 119 Å². The molecule has 1 fully saturated rings. The summed E-state index contributed by atoms with van der Waals surface area (Å²) in [5, 5.41) is 1.60. The highest BCUT2D eigenvalue weighted by Crippen LogP contribution is 2.27. The van der Waals surface area contributed by atoms with Gasteiger partial charge in [0.05, 0.1) is 13.3 Å². The topological polar surface area (TPSA) is 9.72 Å².